The van der Waals surface area contributed by atoms with Crippen molar-refractivity contribution in [3.63, 3.8) is 0 Å². The van der Waals surface area contributed by atoms with E-state index in [1.54, 1.807) is 18.4 Å². The molecule has 86 valence electrons. The molecule has 1 aromatic heterocycles. The predicted molar refractivity (Wildman–Crippen MR) is 59.1 cm³/mol. The summed E-state index contributed by atoms with van der Waals surface area (Å²) >= 11 is 0. The highest BCUT2D eigenvalue weighted by atomic mass is 16.3. The Balaban J connectivity index is 1.71. The van der Waals surface area contributed by atoms with E-state index in [1.807, 2.05) is 4.90 Å². The summed E-state index contributed by atoms with van der Waals surface area (Å²) in [5.41, 5.74) is 0. The number of hydrogen-bond donors (Lipinski definition) is 1. The van der Waals surface area contributed by atoms with Crippen molar-refractivity contribution in [3.05, 3.63) is 24.2 Å². The predicted octanol–water partition coefficient (Wildman–Crippen LogP) is 1.10. The maximum Gasteiger partial charge on any atom is 0.289 e. The Morgan fingerprint density at radius 1 is 1.50 bits per heavy atom. The first kappa shape index (κ1) is 9.90. The average Bonchev–Trinajstić information content (AvgIpc) is 2.97. The van der Waals surface area contributed by atoms with Gasteiger partial charge < -0.3 is 14.6 Å². The van der Waals surface area contributed by atoms with Crippen LogP contribution in [0.4, 0.5) is 0 Å². The van der Waals surface area contributed by atoms with Gasteiger partial charge in [0.2, 0.25) is 0 Å². The second kappa shape index (κ2) is 3.94. The summed E-state index contributed by atoms with van der Waals surface area (Å²) in [6.07, 6.45) is 4.01. The van der Waals surface area contributed by atoms with Crippen LogP contribution in [0.1, 0.15) is 23.4 Å². The smallest absolute Gasteiger partial charge is 0.289 e. The van der Waals surface area contributed by atoms with Gasteiger partial charge in [0.25, 0.3) is 5.91 Å². The third-order valence-corrected chi connectivity index (χ3v) is 3.62. The molecule has 4 nitrogen and oxygen atoms in total. The van der Waals surface area contributed by atoms with E-state index in [1.165, 1.54) is 12.8 Å². The largest absolute Gasteiger partial charge is 0.459 e. The fraction of sp³-hybridized carbons (Fsp3) is 0.583. The van der Waals surface area contributed by atoms with Crippen LogP contribution in [-0.2, 0) is 0 Å². The van der Waals surface area contributed by atoms with E-state index >= 15 is 0 Å². The van der Waals surface area contributed by atoms with Crippen LogP contribution < -0.4 is 5.32 Å². The molecule has 0 saturated carbocycles. The lowest BCUT2D eigenvalue weighted by Crippen LogP contribution is -2.41. The van der Waals surface area contributed by atoms with Crippen molar-refractivity contribution in [2.24, 2.45) is 5.92 Å². The Bertz CT molecular complexity index is 360. The number of carbonyl (C=O) groups is 1. The summed E-state index contributed by atoms with van der Waals surface area (Å²) in [4.78, 5) is 14.0. The Kier molecular flexibility index (Phi) is 2.44. The Morgan fingerprint density at radius 2 is 2.44 bits per heavy atom. The molecule has 2 aliphatic rings. The number of hydrogen-bond acceptors (Lipinski definition) is 3. The number of amides is 1. The minimum Gasteiger partial charge on any atom is -0.459 e. The molecular formula is C12H16N2O2. The topological polar surface area (TPSA) is 45.5 Å². The molecule has 2 unspecified atom stereocenters. The average molecular weight is 220 g/mol. The molecule has 1 N–H and O–H groups in total. The molecule has 0 spiro atoms. The molecule has 2 atom stereocenters. The minimum atomic E-state index is 0.0289. The number of rotatable bonds is 1. The number of furan rings is 1. The van der Waals surface area contributed by atoms with Gasteiger partial charge in [-0.25, -0.2) is 0 Å². The summed E-state index contributed by atoms with van der Waals surface area (Å²) in [6, 6.07) is 3.99. The van der Waals surface area contributed by atoms with Crippen LogP contribution in [0.25, 0.3) is 0 Å². The van der Waals surface area contributed by atoms with Crippen LogP contribution in [0.15, 0.2) is 22.8 Å². The van der Waals surface area contributed by atoms with E-state index in [-0.39, 0.29) is 5.91 Å². The first-order chi connectivity index (χ1) is 7.84. The van der Waals surface area contributed by atoms with Crippen LogP contribution >= 0.6 is 0 Å². The fourth-order valence-corrected chi connectivity index (χ4v) is 2.77. The number of nitrogens with zero attached hydrogens (tertiary/aromatic N) is 1. The van der Waals surface area contributed by atoms with Crippen molar-refractivity contribution in [2.45, 2.75) is 18.9 Å². The van der Waals surface area contributed by atoms with Crippen molar-refractivity contribution in [2.75, 3.05) is 19.6 Å². The molecule has 3 rings (SSSR count). The molecule has 0 aromatic carbocycles. The lowest BCUT2D eigenvalue weighted by atomic mass is 9.94. The Labute approximate surface area is 94.6 Å². The highest BCUT2D eigenvalue weighted by Crippen LogP contribution is 2.25. The first-order valence-corrected chi connectivity index (χ1v) is 5.91. The van der Waals surface area contributed by atoms with E-state index < -0.39 is 0 Å². The van der Waals surface area contributed by atoms with Gasteiger partial charge in [-0.15, -0.1) is 0 Å². The molecule has 3 heterocycles. The summed E-state index contributed by atoms with van der Waals surface area (Å²) in [5.74, 6) is 1.12. The van der Waals surface area contributed by atoms with Crippen LogP contribution in [0.5, 0.6) is 0 Å². The third-order valence-electron chi connectivity index (χ3n) is 3.62. The maximum atomic E-state index is 12.1. The normalized spacial score (nSPS) is 29.1. The summed E-state index contributed by atoms with van der Waals surface area (Å²) in [6.45, 7) is 2.78. The van der Waals surface area contributed by atoms with Crippen LogP contribution in [0, 0.1) is 5.92 Å². The SMILES string of the molecule is O=C(c1ccco1)N1CC2CCCNC2C1. The van der Waals surface area contributed by atoms with E-state index in [2.05, 4.69) is 5.32 Å². The van der Waals surface area contributed by atoms with Crippen molar-refractivity contribution in [3.8, 4) is 0 Å². The second-order valence-corrected chi connectivity index (χ2v) is 4.65. The molecule has 4 heteroatoms. The van der Waals surface area contributed by atoms with Crippen molar-refractivity contribution >= 4 is 5.91 Å². The van der Waals surface area contributed by atoms with Crippen LogP contribution in [0.3, 0.4) is 0 Å². The van der Waals surface area contributed by atoms with E-state index in [0.29, 0.717) is 17.7 Å². The molecule has 16 heavy (non-hydrogen) atoms. The van der Waals surface area contributed by atoms with Gasteiger partial charge in [-0.2, -0.15) is 0 Å². The quantitative estimate of drug-likeness (QED) is 0.771. The molecule has 1 aromatic rings. The van der Waals surface area contributed by atoms with E-state index in [0.717, 1.165) is 19.6 Å². The van der Waals surface area contributed by atoms with Gasteiger partial charge in [0.15, 0.2) is 5.76 Å². The molecule has 2 aliphatic heterocycles. The minimum absolute atomic E-state index is 0.0289. The zero-order valence-corrected chi connectivity index (χ0v) is 9.19. The van der Waals surface area contributed by atoms with Gasteiger partial charge in [0.1, 0.15) is 0 Å². The van der Waals surface area contributed by atoms with Gasteiger partial charge >= 0.3 is 0 Å². The molecule has 1 amide bonds. The van der Waals surface area contributed by atoms with Crippen LogP contribution in [0.2, 0.25) is 0 Å². The van der Waals surface area contributed by atoms with Gasteiger partial charge in [-0.3, -0.25) is 4.79 Å². The molecular weight excluding hydrogens is 204 g/mol. The number of fused-ring (bicyclic) bond motifs is 1. The lowest BCUT2D eigenvalue weighted by molar-refractivity contribution is 0.0754. The van der Waals surface area contributed by atoms with Gasteiger partial charge in [0, 0.05) is 19.1 Å². The second-order valence-electron chi connectivity index (χ2n) is 4.65. The van der Waals surface area contributed by atoms with Gasteiger partial charge in [-0.05, 0) is 37.4 Å². The highest BCUT2D eigenvalue weighted by molar-refractivity contribution is 5.91. The number of nitrogens with one attached hydrogen (secondary N) is 1. The number of likely N-dealkylation sites (tertiary alicyclic amines) is 1. The summed E-state index contributed by atoms with van der Waals surface area (Å²) < 4.78 is 5.15. The van der Waals surface area contributed by atoms with E-state index in [9.17, 15) is 4.79 Å². The zero-order chi connectivity index (χ0) is 11.0. The number of carbonyl (C=O) groups excluding carboxylic acids is 1. The van der Waals surface area contributed by atoms with Crippen molar-refractivity contribution in [1.82, 2.24) is 10.2 Å². The Hall–Kier alpha value is -1.29. The van der Waals surface area contributed by atoms with Gasteiger partial charge in [0.05, 0.1) is 6.26 Å². The molecule has 0 radical (unpaired) electrons. The zero-order valence-electron chi connectivity index (χ0n) is 9.19. The molecule has 2 saturated heterocycles. The Morgan fingerprint density at radius 3 is 3.19 bits per heavy atom. The van der Waals surface area contributed by atoms with Crippen molar-refractivity contribution < 1.29 is 9.21 Å². The fourth-order valence-electron chi connectivity index (χ4n) is 2.77. The highest BCUT2D eigenvalue weighted by Gasteiger charge is 2.37. The standard InChI is InChI=1S/C12H16N2O2/c15-12(11-4-2-6-16-11)14-7-9-3-1-5-13-10(9)8-14/h2,4,6,9-10,13H,1,3,5,7-8H2. The molecule has 0 aliphatic carbocycles. The van der Waals surface area contributed by atoms with E-state index in [4.69, 9.17) is 4.42 Å². The summed E-state index contributed by atoms with van der Waals surface area (Å²) in [7, 11) is 0. The third kappa shape index (κ3) is 1.63. The monoisotopic (exact) mass is 220 g/mol. The maximum absolute atomic E-state index is 12.1. The molecule has 2 fully saturated rings. The molecule has 0 bridgehead atoms. The first-order valence-electron chi connectivity index (χ1n) is 5.91. The van der Waals surface area contributed by atoms with Gasteiger partial charge in [-0.1, -0.05) is 0 Å². The van der Waals surface area contributed by atoms with Crippen molar-refractivity contribution in [1.29, 1.82) is 0 Å². The van der Waals surface area contributed by atoms with Crippen LogP contribution in [-0.4, -0.2) is 36.5 Å². The summed E-state index contributed by atoms with van der Waals surface area (Å²) in [5, 5.41) is 3.49. The number of piperidine rings is 1. The lowest BCUT2D eigenvalue weighted by Gasteiger charge is -2.24.